The fraction of sp³-hybridized carbons (Fsp3) is 0.208. The summed E-state index contributed by atoms with van der Waals surface area (Å²) in [5, 5.41) is 0. The zero-order valence-corrected chi connectivity index (χ0v) is 17.4. The molecule has 0 bridgehead atoms. The summed E-state index contributed by atoms with van der Waals surface area (Å²) in [6.07, 6.45) is 0. The van der Waals surface area contributed by atoms with Gasteiger partial charge in [-0.15, -0.1) is 0 Å². The van der Waals surface area contributed by atoms with Gasteiger partial charge in [0.05, 0.1) is 0 Å². The Morgan fingerprint density at radius 2 is 1.53 bits per heavy atom. The van der Waals surface area contributed by atoms with E-state index in [1.165, 1.54) is 4.90 Å². The van der Waals surface area contributed by atoms with Crippen LogP contribution < -0.4 is 5.56 Å². The van der Waals surface area contributed by atoms with E-state index in [2.05, 4.69) is 4.98 Å². The van der Waals surface area contributed by atoms with E-state index in [1.807, 2.05) is 49.4 Å². The van der Waals surface area contributed by atoms with Crippen LogP contribution in [-0.4, -0.2) is 47.2 Å². The normalized spacial score (nSPS) is 10.5. The quantitative estimate of drug-likeness (QED) is 0.686. The molecule has 0 spiro atoms. The zero-order chi connectivity index (χ0) is 21.7. The molecule has 0 atom stereocenters. The molecule has 0 saturated carbocycles. The smallest absolute Gasteiger partial charge is 0.261 e. The second kappa shape index (κ2) is 9.22. The van der Waals surface area contributed by atoms with Crippen molar-refractivity contribution in [3.05, 3.63) is 93.8 Å². The summed E-state index contributed by atoms with van der Waals surface area (Å²) < 4.78 is 0. The van der Waals surface area contributed by atoms with Crippen LogP contribution in [0.25, 0.3) is 11.3 Å². The molecule has 0 aliphatic rings. The predicted octanol–water partition coefficient (Wildman–Crippen LogP) is 3.41. The summed E-state index contributed by atoms with van der Waals surface area (Å²) in [6, 6.07) is 20.0. The van der Waals surface area contributed by atoms with Crippen LogP contribution in [0, 0.1) is 0 Å². The van der Waals surface area contributed by atoms with Crippen LogP contribution >= 0.6 is 0 Å². The Morgan fingerprint density at radius 3 is 2.10 bits per heavy atom. The summed E-state index contributed by atoms with van der Waals surface area (Å²) in [5.74, 6) is -0.401. The van der Waals surface area contributed by atoms with Gasteiger partial charge in [-0.3, -0.25) is 14.4 Å². The monoisotopic (exact) mass is 403 g/mol. The van der Waals surface area contributed by atoms with Gasteiger partial charge < -0.3 is 14.8 Å². The average Bonchev–Trinajstić information content (AvgIpc) is 2.77. The molecule has 0 saturated heterocycles. The Bertz CT molecular complexity index is 1090. The zero-order valence-electron chi connectivity index (χ0n) is 17.4. The topological polar surface area (TPSA) is 73.5 Å². The van der Waals surface area contributed by atoms with E-state index >= 15 is 0 Å². The lowest BCUT2D eigenvalue weighted by Crippen LogP contribution is -2.34. The number of H-pyrrole nitrogens is 1. The first kappa shape index (κ1) is 21.0. The van der Waals surface area contributed by atoms with Gasteiger partial charge in [0.15, 0.2) is 0 Å². The minimum Gasteiger partial charge on any atom is -0.345 e. The third-order valence-corrected chi connectivity index (χ3v) is 4.87. The molecule has 6 nitrogen and oxygen atoms in total. The Balaban J connectivity index is 1.78. The molecule has 1 N–H and O–H groups in total. The summed E-state index contributed by atoms with van der Waals surface area (Å²) in [6.45, 7) is 2.68. The second-order valence-corrected chi connectivity index (χ2v) is 7.20. The molecular formula is C24H25N3O3. The van der Waals surface area contributed by atoms with Gasteiger partial charge in [0.1, 0.15) is 5.56 Å². The lowest BCUT2D eigenvalue weighted by atomic mass is 10.1. The van der Waals surface area contributed by atoms with E-state index in [0.717, 1.165) is 11.1 Å². The molecule has 0 unspecified atom stereocenters. The highest BCUT2D eigenvalue weighted by Crippen LogP contribution is 2.16. The van der Waals surface area contributed by atoms with E-state index in [0.29, 0.717) is 24.3 Å². The SMILES string of the molecule is CCN(Cc1ccc(C(=O)N(C)C)cc1)C(=O)c1ccc(-c2ccccc2)[nH]c1=O. The van der Waals surface area contributed by atoms with E-state index in [4.69, 9.17) is 0 Å². The maximum atomic E-state index is 13.0. The lowest BCUT2D eigenvalue weighted by Gasteiger charge is -2.21. The first-order chi connectivity index (χ1) is 14.4. The van der Waals surface area contributed by atoms with E-state index in [1.54, 1.807) is 43.3 Å². The molecule has 30 heavy (non-hydrogen) atoms. The van der Waals surface area contributed by atoms with Gasteiger partial charge in [0.2, 0.25) is 0 Å². The third-order valence-electron chi connectivity index (χ3n) is 4.87. The minimum atomic E-state index is -0.410. The summed E-state index contributed by atoms with van der Waals surface area (Å²) in [7, 11) is 3.41. The highest BCUT2D eigenvalue weighted by Gasteiger charge is 2.18. The van der Waals surface area contributed by atoms with Crippen LogP contribution in [0.4, 0.5) is 0 Å². The van der Waals surface area contributed by atoms with Crippen LogP contribution in [0.2, 0.25) is 0 Å². The molecule has 3 aromatic rings. The number of nitrogens with one attached hydrogen (secondary N) is 1. The number of hydrogen-bond donors (Lipinski definition) is 1. The van der Waals surface area contributed by atoms with Crippen molar-refractivity contribution in [3.8, 4) is 11.3 Å². The fourth-order valence-electron chi connectivity index (χ4n) is 3.16. The Morgan fingerprint density at radius 1 is 0.867 bits per heavy atom. The maximum Gasteiger partial charge on any atom is 0.261 e. The lowest BCUT2D eigenvalue weighted by molar-refractivity contribution is 0.0749. The van der Waals surface area contributed by atoms with Crippen molar-refractivity contribution in [1.82, 2.24) is 14.8 Å². The number of nitrogens with zero attached hydrogens (tertiary/aromatic N) is 2. The minimum absolute atomic E-state index is 0.0741. The van der Waals surface area contributed by atoms with Crippen molar-refractivity contribution in [2.75, 3.05) is 20.6 Å². The summed E-state index contributed by atoms with van der Waals surface area (Å²) in [5.41, 5.74) is 2.72. The van der Waals surface area contributed by atoms with Crippen molar-refractivity contribution in [1.29, 1.82) is 0 Å². The van der Waals surface area contributed by atoms with Gasteiger partial charge in [-0.1, -0.05) is 42.5 Å². The standard InChI is InChI=1S/C24H25N3O3/c1-4-27(16-17-10-12-19(13-11-17)23(29)26(2)3)24(30)20-14-15-21(25-22(20)28)18-8-6-5-7-9-18/h5-15H,4,16H2,1-3H3,(H,25,28). The molecule has 2 aromatic carbocycles. The molecule has 0 aliphatic heterocycles. The van der Waals surface area contributed by atoms with Gasteiger partial charge in [-0.05, 0) is 42.3 Å². The number of amides is 2. The number of carbonyl (C=O) groups is 2. The maximum absolute atomic E-state index is 13.0. The van der Waals surface area contributed by atoms with Crippen LogP contribution in [0.15, 0.2) is 71.5 Å². The van der Waals surface area contributed by atoms with Gasteiger partial charge in [-0.25, -0.2) is 0 Å². The molecular weight excluding hydrogens is 378 g/mol. The Hall–Kier alpha value is -3.67. The van der Waals surface area contributed by atoms with Crippen LogP contribution in [0.3, 0.4) is 0 Å². The molecule has 154 valence electrons. The number of carbonyl (C=O) groups excluding carboxylic acids is 2. The van der Waals surface area contributed by atoms with Crippen molar-refractivity contribution in [2.24, 2.45) is 0 Å². The first-order valence-electron chi connectivity index (χ1n) is 9.79. The average molecular weight is 403 g/mol. The molecule has 6 heteroatoms. The molecule has 1 aromatic heterocycles. The van der Waals surface area contributed by atoms with Crippen molar-refractivity contribution in [2.45, 2.75) is 13.5 Å². The largest absolute Gasteiger partial charge is 0.345 e. The van der Waals surface area contributed by atoms with Crippen LogP contribution in [0.1, 0.15) is 33.2 Å². The van der Waals surface area contributed by atoms with E-state index < -0.39 is 5.56 Å². The number of aromatic amines is 1. The van der Waals surface area contributed by atoms with E-state index in [9.17, 15) is 14.4 Å². The highest BCUT2D eigenvalue weighted by atomic mass is 16.2. The fourth-order valence-corrected chi connectivity index (χ4v) is 3.16. The highest BCUT2D eigenvalue weighted by molar-refractivity contribution is 5.94. The van der Waals surface area contributed by atoms with Gasteiger partial charge in [0.25, 0.3) is 17.4 Å². The van der Waals surface area contributed by atoms with Gasteiger partial charge >= 0.3 is 0 Å². The number of hydrogen-bond acceptors (Lipinski definition) is 3. The van der Waals surface area contributed by atoms with Gasteiger partial charge in [0, 0.05) is 38.4 Å². The molecule has 3 rings (SSSR count). The molecule has 0 fully saturated rings. The summed E-state index contributed by atoms with van der Waals surface area (Å²) >= 11 is 0. The Kier molecular flexibility index (Phi) is 6.47. The van der Waals surface area contributed by atoms with Gasteiger partial charge in [-0.2, -0.15) is 0 Å². The van der Waals surface area contributed by atoms with Crippen molar-refractivity contribution in [3.63, 3.8) is 0 Å². The summed E-state index contributed by atoms with van der Waals surface area (Å²) in [4.78, 5) is 43.5. The number of aromatic nitrogens is 1. The number of rotatable bonds is 6. The number of pyridine rings is 1. The number of benzene rings is 2. The Labute approximate surface area is 175 Å². The molecule has 1 heterocycles. The van der Waals surface area contributed by atoms with Crippen LogP contribution in [-0.2, 0) is 6.54 Å². The third kappa shape index (κ3) is 4.66. The molecule has 2 amide bonds. The van der Waals surface area contributed by atoms with Crippen molar-refractivity contribution >= 4 is 11.8 Å². The molecule has 0 radical (unpaired) electrons. The van der Waals surface area contributed by atoms with E-state index in [-0.39, 0.29) is 17.4 Å². The second-order valence-electron chi connectivity index (χ2n) is 7.20. The van der Waals surface area contributed by atoms with Crippen LogP contribution in [0.5, 0.6) is 0 Å². The predicted molar refractivity (Wildman–Crippen MR) is 117 cm³/mol. The molecule has 0 aliphatic carbocycles. The van der Waals surface area contributed by atoms with Crippen molar-refractivity contribution < 1.29 is 9.59 Å². The first-order valence-corrected chi connectivity index (χ1v) is 9.79.